The van der Waals surface area contributed by atoms with E-state index in [-0.39, 0.29) is 10.8 Å². The summed E-state index contributed by atoms with van der Waals surface area (Å²) in [7, 11) is 3.05. The Balaban J connectivity index is 2.24. The van der Waals surface area contributed by atoms with E-state index in [9.17, 15) is 4.79 Å². The average molecular weight is 323 g/mol. The van der Waals surface area contributed by atoms with Crippen molar-refractivity contribution in [3.8, 4) is 5.75 Å². The monoisotopic (exact) mass is 322 g/mol. The number of halogens is 1. The van der Waals surface area contributed by atoms with Crippen molar-refractivity contribution >= 4 is 32.7 Å². The predicted octanol–water partition coefficient (Wildman–Crippen LogP) is 3.33. The first kappa shape index (κ1) is 13.9. The molecule has 0 amide bonds. The summed E-state index contributed by atoms with van der Waals surface area (Å²) in [6, 6.07) is 12.1. The number of benzene rings is 2. The number of esters is 1. The number of alkyl halides is 1. The van der Waals surface area contributed by atoms with Crippen LogP contribution in [0.2, 0.25) is 0 Å². The number of carbonyl (C=O) groups excluding carboxylic acids is 1. The minimum Gasteiger partial charge on any atom is -0.497 e. The molecule has 0 N–H and O–H groups in total. The third-order valence-corrected chi connectivity index (χ3v) is 3.68. The number of rotatable bonds is 4. The van der Waals surface area contributed by atoms with Crippen molar-refractivity contribution < 1.29 is 14.3 Å². The van der Waals surface area contributed by atoms with Gasteiger partial charge in [0.2, 0.25) is 0 Å². The zero-order chi connectivity index (χ0) is 13.8. The van der Waals surface area contributed by atoms with Crippen LogP contribution in [0.3, 0.4) is 0 Å². The van der Waals surface area contributed by atoms with Crippen molar-refractivity contribution in [2.45, 2.75) is 11.2 Å². The molecule has 0 radical (unpaired) electrons. The van der Waals surface area contributed by atoms with Gasteiger partial charge in [0.25, 0.3) is 0 Å². The fourth-order valence-electron chi connectivity index (χ4n) is 1.95. The maximum absolute atomic E-state index is 11.4. The van der Waals surface area contributed by atoms with Gasteiger partial charge in [-0.15, -0.1) is 0 Å². The van der Waals surface area contributed by atoms with Gasteiger partial charge in [0.05, 0.1) is 14.2 Å². The van der Waals surface area contributed by atoms with Gasteiger partial charge in [-0.25, -0.2) is 0 Å². The van der Waals surface area contributed by atoms with Gasteiger partial charge in [0, 0.05) is 0 Å². The number of hydrogen-bond acceptors (Lipinski definition) is 3. The third kappa shape index (κ3) is 3.26. The van der Waals surface area contributed by atoms with Crippen LogP contribution in [0.25, 0.3) is 10.8 Å². The van der Waals surface area contributed by atoms with Gasteiger partial charge < -0.3 is 9.47 Å². The topological polar surface area (TPSA) is 35.5 Å². The van der Waals surface area contributed by atoms with E-state index in [0.717, 1.165) is 22.1 Å². The van der Waals surface area contributed by atoms with Crippen molar-refractivity contribution in [3.63, 3.8) is 0 Å². The van der Waals surface area contributed by atoms with Crippen LogP contribution >= 0.6 is 15.9 Å². The predicted molar refractivity (Wildman–Crippen MR) is 78.9 cm³/mol. The van der Waals surface area contributed by atoms with Gasteiger partial charge in [0.15, 0.2) is 0 Å². The summed E-state index contributed by atoms with van der Waals surface area (Å²) in [5.41, 5.74) is 1.09. The fourth-order valence-corrected chi connectivity index (χ4v) is 2.51. The molecule has 0 bridgehead atoms. The Hall–Kier alpha value is -1.55. The molecular formula is C15H15BrO3. The number of hydrogen-bond donors (Lipinski definition) is 0. The summed E-state index contributed by atoms with van der Waals surface area (Å²) in [6.45, 7) is 0. The molecular weight excluding hydrogens is 308 g/mol. The van der Waals surface area contributed by atoms with Crippen LogP contribution in [0.5, 0.6) is 5.75 Å². The summed E-state index contributed by atoms with van der Waals surface area (Å²) < 4.78 is 9.89. The van der Waals surface area contributed by atoms with Gasteiger partial charge >= 0.3 is 5.97 Å². The van der Waals surface area contributed by atoms with E-state index < -0.39 is 0 Å². The van der Waals surface area contributed by atoms with E-state index in [1.807, 2.05) is 30.3 Å². The normalized spacial score (nSPS) is 12.2. The Labute approximate surface area is 120 Å². The molecule has 0 saturated carbocycles. The highest BCUT2D eigenvalue weighted by Gasteiger charge is 2.15. The minimum atomic E-state index is -0.312. The van der Waals surface area contributed by atoms with Gasteiger partial charge in [-0.05, 0) is 34.9 Å². The molecule has 1 atom stereocenters. The Morgan fingerprint density at radius 2 is 1.84 bits per heavy atom. The van der Waals surface area contributed by atoms with Gasteiger partial charge in [-0.2, -0.15) is 0 Å². The molecule has 100 valence electrons. The zero-order valence-electron chi connectivity index (χ0n) is 10.9. The average Bonchev–Trinajstić information content (AvgIpc) is 2.45. The number of methoxy groups -OCH3 is 2. The smallest absolute Gasteiger partial charge is 0.319 e. The van der Waals surface area contributed by atoms with Crippen LogP contribution in [-0.2, 0) is 16.0 Å². The van der Waals surface area contributed by atoms with Crippen LogP contribution in [0.15, 0.2) is 36.4 Å². The first-order valence-corrected chi connectivity index (χ1v) is 6.84. The molecule has 0 saturated heterocycles. The minimum absolute atomic E-state index is 0.255. The molecule has 19 heavy (non-hydrogen) atoms. The lowest BCUT2D eigenvalue weighted by Gasteiger charge is -2.09. The molecule has 2 aromatic carbocycles. The molecule has 3 nitrogen and oxygen atoms in total. The Morgan fingerprint density at radius 3 is 2.53 bits per heavy atom. The molecule has 1 unspecified atom stereocenters. The molecule has 0 fully saturated rings. The van der Waals surface area contributed by atoms with E-state index in [4.69, 9.17) is 9.47 Å². The molecule has 0 aliphatic carbocycles. The van der Waals surface area contributed by atoms with Crippen molar-refractivity contribution in [1.82, 2.24) is 0 Å². The summed E-state index contributed by atoms with van der Waals surface area (Å²) >= 11 is 3.33. The summed E-state index contributed by atoms with van der Waals surface area (Å²) in [5, 5.41) is 2.25. The second-order valence-electron chi connectivity index (χ2n) is 4.24. The molecule has 0 aromatic heterocycles. The van der Waals surface area contributed by atoms with E-state index in [2.05, 4.69) is 22.0 Å². The Bertz CT molecular complexity index is 595. The summed E-state index contributed by atoms with van der Waals surface area (Å²) in [6.07, 6.45) is 0.606. The van der Waals surface area contributed by atoms with Crippen LogP contribution in [0.4, 0.5) is 0 Å². The van der Waals surface area contributed by atoms with Crippen molar-refractivity contribution in [1.29, 1.82) is 0 Å². The van der Waals surface area contributed by atoms with E-state index >= 15 is 0 Å². The van der Waals surface area contributed by atoms with Crippen LogP contribution in [-0.4, -0.2) is 25.0 Å². The first-order valence-electron chi connectivity index (χ1n) is 5.92. The first-order chi connectivity index (χ1) is 9.13. The van der Waals surface area contributed by atoms with E-state index in [1.54, 1.807) is 7.11 Å². The van der Waals surface area contributed by atoms with Crippen LogP contribution < -0.4 is 4.74 Å². The maximum Gasteiger partial charge on any atom is 0.319 e. The van der Waals surface area contributed by atoms with Gasteiger partial charge in [-0.3, -0.25) is 4.79 Å². The fraction of sp³-hybridized carbons (Fsp3) is 0.267. The van der Waals surface area contributed by atoms with Gasteiger partial charge in [-0.1, -0.05) is 40.2 Å². The lowest BCUT2D eigenvalue weighted by molar-refractivity contribution is -0.139. The SMILES string of the molecule is COC(=O)C(Br)Cc1ccc2cc(OC)ccc2c1. The highest BCUT2D eigenvalue weighted by molar-refractivity contribution is 9.10. The van der Waals surface area contributed by atoms with Crippen molar-refractivity contribution in [2.75, 3.05) is 14.2 Å². The third-order valence-electron chi connectivity index (χ3n) is 2.98. The molecule has 4 heteroatoms. The second kappa shape index (κ2) is 6.06. The number of carbonyl (C=O) groups is 1. The maximum atomic E-state index is 11.4. The lowest BCUT2D eigenvalue weighted by Crippen LogP contribution is -2.17. The molecule has 2 aromatic rings. The van der Waals surface area contributed by atoms with Crippen molar-refractivity contribution in [3.05, 3.63) is 42.0 Å². The molecule has 2 rings (SSSR count). The highest BCUT2D eigenvalue weighted by atomic mass is 79.9. The largest absolute Gasteiger partial charge is 0.497 e. The lowest BCUT2D eigenvalue weighted by atomic mass is 10.0. The van der Waals surface area contributed by atoms with E-state index in [0.29, 0.717) is 6.42 Å². The summed E-state index contributed by atoms with van der Waals surface area (Å²) in [5.74, 6) is 0.586. The number of ether oxygens (including phenoxy) is 2. The quantitative estimate of drug-likeness (QED) is 0.639. The van der Waals surface area contributed by atoms with Crippen LogP contribution in [0, 0.1) is 0 Å². The standard InChI is InChI=1S/C15H15BrO3/c1-18-13-6-5-11-7-10(3-4-12(11)9-13)8-14(16)15(17)19-2/h3-7,9,14H,8H2,1-2H3. The van der Waals surface area contributed by atoms with Crippen molar-refractivity contribution in [2.24, 2.45) is 0 Å². The molecule has 0 spiro atoms. The molecule has 0 aliphatic rings. The zero-order valence-corrected chi connectivity index (χ0v) is 12.4. The van der Waals surface area contributed by atoms with E-state index in [1.165, 1.54) is 7.11 Å². The van der Waals surface area contributed by atoms with Crippen LogP contribution in [0.1, 0.15) is 5.56 Å². The highest BCUT2D eigenvalue weighted by Crippen LogP contribution is 2.23. The summed E-state index contributed by atoms with van der Waals surface area (Å²) in [4.78, 5) is 11.1. The number of fused-ring (bicyclic) bond motifs is 1. The Morgan fingerprint density at radius 1 is 1.16 bits per heavy atom. The van der Waals surface area contributed by atoms with Gasteiger partial charge in [0.1, 0.15) is 10.6 Å². The second-order valence-corrected chi connectivity index (χ2v) is 5.35. The molecule has 0 aliphatic heterocycles. The Kier molecular flexibility index (Phi) is 4.43. The molecule has 0 heterocycles.